The van der Waals surface area contributed by atoms with Crippen LogP contribution < -0.4 is 15.0 Å². The maximum Gasteiger partial charge on any atom is 0.121 e. The highest BCUT2D eigenvalue weighted by atomic mass is 16.5. The number of benzene rings is 1. The molecule has 0 aromatic heterocycles. The molecule has 1 unspecified atom stereocenters. The fourth-order valence-corrected chi connectivity index (χ4v) is 2.16. The molecule has 2 rings (SSSR count). The third-order valence-electron chi connectivity index (χ3n) is 3.42. The largest absolute Gasteiger partial charge is 0.492 e. The van der Waals surface area contributed by atoms with Gasteiger partial charge in [-0.15, -0.1) is 0 Å². The monoisotopic (exact) mass is 248 g/mol. The number of anilines is 1. The zero-order valence-corrected chi connectivity index (χ0v) is 11.6. The molecule has 0 amide bonds. The van der Waals surface area contributed by atoms with Crippen molar-refractivity contribution in [2.45, 2.75) is 25.8 Å². The molecular formula is C15H24N2O. The first-order valence-electron chi connectivity index (χ1n) is 6.84. The molecule has 0 spiro atoms. The van der Waals surface area contributed by atoms with Gasteiger partial charge in [0.25, 0.3) is 0 Å². The number of hydrogen-bond donors (Lipinski definition) is 1. The van der Waals surface area contributed by atoms with E-state index < -0.39 is 0 Å². The Balaban J connectivity index is 1.90. The van der Waals surface area contributed by atoms with E-state index in [0.717, 1.165) is 24.8 Å². The molecule has 0 heterocycles. The molecule has 1 aromatic carbocycles. The van der Waals surface area contributed by atoms with Crippen molar-refractivity contribution >= 4 is 5.69 Å². The summed E-state index contributed by atoms with van der Waals surface area (Å²) in [6.07, 6.45) is 2.69. The zero-order chi connectivity index (χ0) is 13.0. The Hall–Kier alpha value is -1.22. The minimum absolute atomic E-state index is 0.512. The van der Waals surface area contributed by atoms with E-state index in [1.54, 1.807) is 0 Å². The van der Waals surface area contributed by atoms with Gasteiger partial charge in [-0.05, 0) is 37.4 Å². The van der Waals surface area contributed by atoms with Gasteiger partial charge in [0.1, 0.15) is 12.4 Å². The van der Waals surface area contributed by atoms with Gasteiger partial charge in [0.15, 0.2) is 0 Å². The standard InChI is InChI=1S/C15H24N2O/c1-4-16-15(12-8-9-12)11-18-14-7-5-6-13(10-14)17(2)3/h5-7,10,12,15-16H,4,8-9,11H2,1-3H3. The summed E-state index contributed by atoms with van der Waals surface area (Å²) in [5.41, 5.74) is 1.18. The predicted octanol–water partition coefficient (Wildman–Crippen LogP) is 2.52. The Morgan fingerprint density at radius 2 is 2.17 bits per heavy atom. The number of ether oxygens (including phenoxy) is 1. The van der Waals surface area contributed by atoms with Crippen LogP contribution in [-0.2, 0) is 0 Å². The summed E-state index contributed by atoms with van der Waals surface area (Å²) in [5, 5.41) is 3.52. The van der Waals surface area contributed by atoms with Crippen LogP contribution in [0.25, 0.3) is 0 Å². The average molecular weight is 248 g/mol. The van der Waals surface area contributed by atoms with E-state index in [0.29, 0.717) is 6.04 Å². The summed E-state index contributed by atoms with van der Waals surface area (Å²) in [6, 6.07) is 8.77. The second-order valence-corrected chi connectivity index (χ2v) is 5.20. The van der Waals surface area contributed by atoms with Crippen molar-refractivity contribution < 1.29 is 4.74 Å². The molecule has 1 aromatic rings. The lowest BCUT2D eigenvalue weighted by molar-refractivity contribution is 0.251. The van der Waals surface area contributed by atoms with Crippen LogP contribution >= 0.6 is 0 Å². The third-order valence-corrected chi connectivity index (χ3v) is 3.42. The normalized spacial score (nSPS) is 16.4. The second kappa shape index (κ2) is 6.10. The van der Waals surface area contributed by atoms with Crippen molar-refractivity contribution in [2.24, 2.45) is 5.92 Å². The molecule has 3 nitrogen and oxygen atoms in total. The van der Waals surface area contributed by atoms with Crippen molar-refractivity contribution in [3.8, 4) is 5.75 Å². The van der Waals surface area contributed by atoms with Crippen LogP contribution in [-0.4, -0.2) is 33.3 Å². The van der Waals surface area contributed by atoms with Crippen LogP contribution in [0.4, 0.5) is 5.69 Å². The van der Waals surface area contributed by atoms with Crippen LogP contribution in [0.2, 0.25) is 0 Å². The summed E-state index contributed by atoms with van der Waals surface area (Å²) in [4.78, 5) is 2.09. The molecule has 1 aliphatic rings. The number of hydrogen-bond acceptors (Lipinski definition) is 3. The third kappa shape index (κ3) is 3.64. The van der Waals surface area contributed by atoms with E-state index in [1.807, 2.05) is 26.2 Å². The molecular weight excluding hydrogens is 224 g/mol. The lowest BCUT2D eigenvalue weighted by Gasteiger charge is -2.19. The van der Waals surface area contributed by atoms with Crippen molar-refractivity contribution in [1.82, 2.24) is 5.32 Å². The lowest BCUT2D eigenvalue weighted by Crippen LogP contribution is -2.36. The molecule has 3 heteroatoms. The molecule has 1 aliphatic carbocycles. The van der Waals surface area contributed by atoms with E-state index in [2.05, 4.69) is 29.3 Å². The van der Waals surface area contributed by atoms with Gasteiger partial charge in [0.05, 0.1) is 0 Å². The van der Waals surface area contributed by atoms with Gasteiger partial charge >= 0.3 is 0 Å². The van der Waals surface area contributed by atoms with Gasteiger partial charge in [0, 0.05) is 31.9 Å². The van der Waals surface area contributed by atoms with Crippen molar-refractivity contribution in [2.75, 3.05) is 32.1 Å². The van der Waals surface area contributed by atoms with Crippen LogP contribution in [0.3, 0.4) is 0 Å². The molecule has 0 radical (unpaired) electrons. The summed E-state index contributed by atoms with van der Waals surface area (Å²) in [7, 11) is 4.09. The van der Waals surface area contributed by atoms with Crippen molar-refractivity contribution in [1.29, 1.82) is 0 Å². The molecule has 1 fully saturated rings. The van der Waals surface area contributed by atoms with Gasteiger partial charge in [-0.3, -0.25) is 0 Å². The van der Waals surface area contributed by atoms with Crippen molar-refractivity contribution in [3.63, 3.8) is 0 Å². The van der Waals surface area contributed by atoms with E-state index in [1.165, 1.54) is 18.5 Å². The van der Waals surface area contributed by atoms with Gasteiger partial charge in [-0.2, -0.15) is 0 Å². The van der Waals surface area contributed by atoms with E-state index in [9.17, 15) is 0 Å². The SMILES string of the molecule is CCNC(COc1cccc(N(C)C)c1)C1CC1. The zero-order valence-electron chi connectivity index (χ0n) is 11.6. The Bertz CT molecular complexity index is 375. The Labute approximate surface area is 110 Å². The first-order chi connectivity index (χ1) is 8.70. The number of nitrogens with zero attached hydrogens (tertiary/aromatic N) is 1. The molecule has 1 saturated carbocycles. The predicted molar refractivity (Wildman–Crippen MR) is 76.5 cm³/mol. The molecule has 1 atom stereocenters. The minimum Gasteiger partial charge on any atom is -0.492 e. The summed E-state index contributed by atoms with van der Waals surface area (Å²) >= 11 is 0. The molecule has 0 saturated heterocycles. The van der Waals surface area contributed by atoms with Gasteiger partial charge in [-0.25, -0.2) is 0 Å². The molecule has 18 heavy (non-hydrogen) atoms. The Kier molecular flexibility index (Phi) is 4.48. The number of nitrogens with one attached hydrogen (secondary N) is 1. The van der Waals surface area contributed by atoms with Crippen LogP contribution in [0.5, 0.6) is 5.75 Å². The highest BCUT2D eigenvalue weighted by Gasteiger charge is 2.30. The van der Waals surface area contributed by atoms with E-state index >= 15 is 0 Å². The van der Waals surface area contributed by atoms with Crippen LogP contribution in [0.1, 0.15) is 19.8 Å². The number of likely N-dealkylation sites (N-methyl/N-ethyl adjacent to an activating group) is 1. The van der Waals surface area contributed by atoms with E-state index in [4.69, 9.17) is 4.74 Å². The molecule has 0 aliphatic heterocycles. The Morgan fingerprint density at radius 3 is 2.78 bits per heavy atom. The highest BCUT2D eigenvalue weighted by molar-refractivity contribution is 5.49. The van der Waals surface area contributed by atoms with Crippen molar-refractivity contribution in [3.05, 3.63) is 24.3 Å². The van der Waals surface area contributed by atoms with Gasteiger partial charge in [-0.1, -0.05) is 13.0 Å². The highest BCUT2D eigenvalue weighted by Crippen LogP contribution is 2.33. The minimum atomic E-state index is 0.512. The maximum atomic E-state index is 5.92. The second-order valence-electron chi connectivity index (χ2n) is 5.20. The molecule has 1 N–H and O–H groups in total. The Morgan fingerprint density at radius 1 is 1.39 bits per heavy atom. The summed E-state index contributed by atoms with van der Waals surface area (Å²) < 4.78 is 5.92. The fourth-order valence-electron chi connectivity index (χ4n) is 2.16. The summed E-state index contributed by atoms with van der Waals surface area (Å²) in [5.74, 6) is 1.78. The molecule has 0 bridgehead atoms. The quantitative estimate of drug-likeness (QED) is 0.802. The van der Waals surface area contributed by atoms with E-state index in [-0.39, 0.29) is 0 Å². The summed E-state index contributed by atoms with van der Waals surface area (Å²) in [6.45, 7) is 3.94. The molecule has 100 valence electrons. The average Bonchev–Trinajstić information content (AvgIpc) is 3.19. The van der Waals surface area contributed by atoms with Crippen LogP contribution in [0, 0.1) is 5.92 Å². The topological polar surface area (TPSA) is 24.5 Å². The first-order valence-corrected chi connectivity index (χ1v) is 6.84. The van der Waals surface area contributed by atoms with Crippen LogP contribution in [0.15, 0.2) is 24.3 Å². The maximum absolute atomic E-state index is 5.92. The van der Waals surface area contributed by atoms with Gasteiger partial charge in [0.2, 0.25) is 0 Å². The lowest BCUT2D eigenvalue weighted by atomic mass is 10.2. The smallest absolute Gasteiger partial charge is 0.121 e. The van der Waals surface area contributed by atoms with Gasteiger partial charge < -0.3 is 15.0 Å². The number of rotatable bonds is 7. The fraction of sp³-hybridized carbons (Fsp3) is 0.600. The first kappa shape index (κ1) is 13.2.